The molecule has 0 saturated heterocycles. The van der Waals surface area contributed by atoms with E-state index in [9.17, 15) is 5.11 Å². The fourth-order valence-corrected chi connectivity index (χ4v) is 4.44. The van der Waals surface area contributed by atoms with Crippen LogP contribution in [0.4, 0.5) is 0 Å². The SMILES string of the molecule is COc1cccc(CN2CCCn3cccc3C2c2ccc(C(C)(C)C)cc2)c1O. The molecule has 1 atom stereocenters. The highest BCUT2D eigenvalue weighted by molar-refractivity contribution is 5.45. The van der Waals surface area contributed by atoms with Crippen molar-refractivity contribution in [2.45, 2.75) is 51.7 Å². The van der Waals surface area contributed by atoms with Crippen LogP contribution in [0.5, 0.6) is 11.5 Å². The number of hydrogen-bond donors (Lipinski definition) is 1. The van der Waals surface area contributed by atoms with E-state index in [1.165, 1.54) is 16.8 Å². The molecule has 2 heterocycles. The minimum absolute atomic E-state index is 0.133. The standard InChI is InChI=1S/C26H32N2O2/c1-26(2,3)21-13-11-19(12-14-21)24-22-9-6-15-27(22)16-7-17-28(24)18-20-8-5-10-23(30-4)25(20)29/h5-6,8-15,24,29H,7,16-18H2,1-4H3. The zero-order valence-corrected chi connectivity index (χ0v) is 18.4. The van der Waals surface area contributed by atoms with Crippen LogP contribution in [0.2, 0.25) is 0 Å². The maximum Gasteiger partial charge on any atom is 0.162 e. The van der Waals surface area contributed by atoms with E-state index in [4.69, 9.17) is 4.74 Å². The summed E-state index contributed by atoms with van der Waals surface area (Å²) in [4.78, 5) is 2.47. The van der Waals surface area contributed by atoms with Gasteiger partial charge in [0, 0.05) is 37.1 Å². The summed E-state index contributed by atoms with van der Waals surface area (Å²) in [5.41, 5.74) is 4.96. The van der Waals surface area contributed by atoms with Crippen molar-refractivity contribution in [1.82, 2.24) is 9.47 Å². The van der Waals surface area contributed by atoms with Crippen molar-refractivity contribution < 1.29 is 9.84 Å². The molecule has 2 aromatic carbocycles. The monoisotopic (exact) mass is 404 g/mol. The van der Waals surface area contributed by atoms with E-state index in [-0.39, 0.29) is 17.2 Å². The normalized spacial score (nSPS) is 17.4. The van der Waals surface area contributed by atoms with Crippen LogP contribution in [0.15, 0.2) is 60.8 Å². The summed E-state index contributed by atoms with van der Waals surface area (Å²) >= 11 is 0. The Hall–Kier alpha value is -2.72. The molecule has 3 aromatic rings. The van der Waals surface area contributed by atoms with Crippen LogP contribution in [0.1, 0.15) is 55.6 Å². The first-order valence-electron chi connectivity index (χ1n) is 10.7. The number of rotatable bonds is 4. The van der Waals surface area contributed by atoms with Gasteiger partial charge >= 0.3 is 0 Å². The lowest BCUT2D eigenvalue weighted by molar-refractivity contribution is 0.217. The van der Waals surface area contributed by atoms with Crippen molar-refractivity contribution in [2.75, 3.05) is 13.7 Å². The van der Waals surface area contributed by atoms with E-state index in [1.807, 2.05) is 12.1 Å². The van der Waals surface area contributed by atoms with Crippen LogP contribution in [-0.2, 0) is 18.5 Å². The second-order valence-corrected chi connectivity index (χ2v) is 9.19. The van der Waals surface area contributed by atoms with Gasteiger partial charge in [0.05, 0.1) is 13.2 Å². The molecule has 1 aromatic heterocycles. The molecule has 0 bridgehead atoms. The summed E-state index contributed by atoms with van der Waals surface area (Å²) in [6.07, 6.45) is 3.25. The zero-order valence-electron chi connectivity index (χ0n) is 18.4. The number of phenols is 1. The number of para-hydroxylation sites is 1. The topological polar surface area (TPSA) is 37.6 Å². The Kier molecular flexibility index (Phi) is 5.61. The van der Waals surface area contributed by atoms with Gasteiger partial charge in [-0.2, -0.15) is 0 Å². The predicted molar refractivity (Wildman–Crippen MR) is 121 cm³/mol. The summed E-state index contributed by atoms with van der Waals surface area (Å²) in [6, 6.07) is 19.3. The first kappa shape index (κ1) is 20.5. The number of aromatic nitrogens is 1. The predicted octanol–water partition coefficient (Wildman–Crippen LogP) is 5.50. The molecule has 1 N–H and O–H groups in total. The molecule has 4 heteroatoms. The number of aryl methyl sites for hydroxylation is 1. The number of benzene rings is 2. The Bertz CT molecular complexity index is 999. The van der Waals surface area contributed by atoms with Crippen molar-refractivity contribution in [3.8, 4) is 11.5 Å². The van der Waals surface area contributed by atoms with Gasteiger partial charge in [-0.25, -0.2) is 0 Å². The van der Waals surface area contributed by atoms with Crippen molar-refractivity contribution in [1.29, 1.82) is 0 Å². The van der Waals surface area contributed by atoms with Gasteiger partial charge in [0.1, 0.15) is 0 Å². The fraction of sp³-hybridized carbons (Fsp3) is 0.385. The van der Waals surface area contributed by atoms with E-state index in [2.05, 4.69) is 72.8 Å². The highest BCUT2D eigenvalue weighted by Crippen LogP contribution is 2.37. The number of fused-ring (bicyclic) bond motifs is 1. The molecule has 0 fully saturated rings. The van der Waals surface area contributed by atoms with Crippen molar-refractivity contribution in [3.05, 3.63) is 83.2 Å². The Morgan fingerprint density at radius 3 is 2.47 bits per heavy atom. The molecule has 0 saturated carbocycles. The van der Waals surface area contributed by atoms with E-state index in [0.29, 0.717) is 12.3 Å². The average Bonchev–Trinajstić information content (AvgIpc) is 3.10. The molecule has 4 rings (SSSR count). The molecule has 0 amide bonds. The summed E-state index contributed by atoms with van der Waals surface area (Å²) in [5, 5.41) is 10.7. The van der Waals surface area contributed by atoms with Crippen LogP contribution < -0.4 is 4.74 Å². The second-order valence-electron chi connectivity index (χ2n) is 9.19. The largest absolute Gasteiger partial charge is 0.504 e. The smallest absolute Gasteiger partial charge is 0.162 e. The molecule has 1 unspecified atom stereocenters. The zero-order chi connectivity index (χ0) is 21.3. The van der Waals surface area contributed by atoms with Crippen molar-refractivity contribution >= 4 is 0 Å². The van der Waals surface area contributed by atoms with Crippen LogP contribution >= 0.6 is 0 Å². The lowest BCUT2D eigenvalue weighted by Gasteiger charge is -2.31. The third-order valence-corrected chi connectivity index (χ3v) is 6.12. The summed E-state index contributed by atoms with van der Waals surface area (Å²) in [7, 11) is 1.59. The maximum absolute atomic E-state index is 10.7. The summed E-state index contributed by atoms with van der Waals surface area (Å²) < 4.78 is 7.70. The number of hydrogen-bond acceptors (Lipinski definition) is 3. The highest BCUT2D eigenvalue weighted by atomic mass is 16.5. The number of aromatic hydroxyl groups is 1. The number of phenolic OH excluding ortho intramolecular Hbond substituents is 1. The quantitative estimate of drug-likeness (QED) is 0.624. The average molecular weight is 405 g/mol. The van der Waals surface area contributed by atoms with Crippen LogP contribution in [0.25, 0.3) is 0 Å². The van der Waals surface area contributed by atoms with Gasteiger partial charge < -0.3 is 14.4 Å². The van der Waals surface area contributed by atoms with Gasteiger partial charge in [0.15, 0.2) is 11.5 Å². The Balaban J connectivity index is 1.73. The Morgan fingerprint density at radius 2 is 1.77 bits per heavy atom. The molecule has 1 aliphatic rings. The van der Waals surface area contributed by atoms with Crippen LogP contribution in [0, 0.1) is 0 Å². The lowest BCUT2D eigenvalue weighted by atomic mass is 9.86. The second kappa shape index (κ2) is 8.19. The lowest BCUT2D eigenvalue weighted by Crippen LogP contribution is -2.29. The molecular weight excluding hydrogens is 372 g/mol. The Labute approximate surface area is 179 Å². The molecule has 158 valence electrons. The highest BCUT2D eigenvalue weighted by Gasteiger charge is 2.28. The van der Waals surface area contributed by atoms with Crippen LogP contribution in [-0.4, -0.2) is 28.2 Å². The van der Waals surface area contributed by atoms with Gasteiger partial charge in [-0.05, 0) is 41.2 Å². The van der Waals surface area contributed by atoms with Crippen LogP contribution in [0.3, 0.4) is 0 Å². The van der Waals surface area contributed by atoms with E-state index >= 15 is 0 Å². The summed E-state index contributed by atoms with van der Waals surface area (Å²) in [6.45, 7) is 9.38. The minimum Gasteiger partial charge on any atom is -0.504 e. The molecule has 0 spiro atoms. The number of nitrogens with zero attached hydrogens (tertiary/aromatic N) is 2. The molecule has 4 nitrogen and oxygen atoms in total. The van der Waals surface area contributed by atoms with Gasteiger partial charge in [-0.3, -0.25) is 4.90 Å². The van der Waals surface area contributed by atoms with Gasteiger partial charge in [0.25, 0.3) is 0 Å². The Morgan fingerprint density at radius 1 is 1.00 bits per heavy atom. The third kappa shape index (κ3) is 3.97. The molecule has 30 heavy (non-hydrogen) atoms. The van der Waals surface area contributed by atoms with Gasteiger partial charge in [0.2, 0.25) is 0 Å². The minimum atomic E-state index is 0.133. The first-order chi connectivity index (χ1) is 14.4. The third-order valence-electron chi connectivity index (χ3n) is 6.12. The van der Waals surface area contributed by atoms with Gasteiger partial charge in [-0.1, -0.05) is 57.2 Å². The molecule has 1 aliphatic heterocycles. The van der Waals surface area contributed by atoms with E-state index in [0.717, 1.165) is 25.1 Å². The molecule has 0 radical (unpaired) electrons. The molecular formula is C26H32N2O2. The number of ether oxygens (including phenoxy) is 1. The van der Waals surface area contributed by atoms with Crippen molar-refractivity contribution in [2.24, 2.45) is 0 Å². The summed E-state index contributed by atoms with van der Waals surface area (Å²) in [5.74, 6) is 0.762. The van der Waals surface area contributed by atoms with E-state index in [1.54, 1.807) is 13.2 Å². The van der Waals surface area contributed by atoms with Gasteiger partial charge in [-0.15, -0.1) is 0 Å². The first-order valence-corrected chi connectivity index (χ1v) is 10.7. The number of methoxy groups -OCH3 is 1. The van der Waals surface area contributed by atoms with Crippen molar-refractivity contribution in [3.63, 3.8) is 0 Å². The maximum atomic E-state index is 10.7. The van der Waals surface area contributed by atoms with E-state index < -0.39 is 0 Å². The fourth-order valence-electron chi connectivity index (χ4n) is 4.44. The molecule has 0 aliphatic carbocycles.